The van der Waals surface area contributed by atoms with Gasteiger partial charge in [-0.15, -0.1) is 0 Å². The number of hydrogen-bond donors (Lipinski definition) is 1. The second kappa shape index (κ2) is 4.31. The lowest BCUT2D eigenvalue weighted by molar-refractivity contribution is 0.00768. The minimum atomic E-state index is -0.382. The van der Waals surface area contributed by atoms with E-state index in [2.05, 4.69) is 27.6 Å². The Balaban J connectivity index is 1.66. The van der Waals surface area contributed by atoms with Crippen molar-refractivity contribution >= 4 is 5.69 Å². The molecular weight excluding hydrogens is 254 g/mol. The number of nitrogens with one attached hydrogen (secondary N) is 1. The maximum Gasteiger partial charge on any atom is 0.236 e. The first-order valence-corrected chi connectivity index (χ1v) is 7.07. The quantitative estimate of drug-likeness (QED) is 0.910. The van der Waals surface area contributed by atoms with E-state index >= 15 is 0 Å². The van der Waals surface area contributed by atoms with Crippen LogP contribution in [0.3, 0.4) is 0 Å². The van der Waals surface area contributed by atoms with Gasteiger partial charge < -0.3 is 14.6 Å². The van der Waals surface area contributed by atoms with Crippen LogP contribution in [0.4, 0.5) is 5.69 Å². The third kappa shape index (κ3) is 1.73. The second-order valence-electron chi connectivity index (χ2n) is 5.66. The summed E-state index contributed by atoms with van der Waals surface area (Å²) in [5.41, 5.74) is 1.99. The molecule has 2 aromatic rings. The summed E-state index contributed by atoms with van der Waals surface area (Å²) in [4.78, 5) is 4.60. The number of nitrogens with zero attached hydrogens (tertiary/aromatic N) is 2. The van der Waals surface area contributed by atoms with Crippen LogP contribution in [0, 0.1) is 0 Å². The van der Waals surface area contributed by atoms with Crippen molar-refractivity contribution in [2.75, 3.05) is 18.5 Å². The maximum atomic E-state index is 5.77. The van der Waals surface area contributed by atoms with Crippen molar-refractivity contribution in [2.45, 2.75) is 31.3 Å². The molecule has 1 aromatic heterocycles. The molecule has 5 nitrogen and oxygen atoms in total. The molecular formula is C15H17N3O2. The summed E-state index contributed by atoms with van der Waals surface area (Å²) in [5.74, 6) is 1.49. The van der Waals surface area contributed by atoms with Crippen molar-refractivity contribution in [2.24, 2.45) is 0 Å². The first-order valence-electron chi connectivity index (χ1n) is 7.07. The molecule has 2 unspecified atom stereocenters. The van der Waals surface area contributed by atoms with Crippen LogP contribution >= 0.6 is 0 Å². The van der Waals surface area contributed by atoms with Gasteiger partial charge in [0, 0.05) is 18.8 Å². The van der Waals surface area contributed by atoms with Crippen LogP contribution in [-0.2, 0) is 10.3 Å². The molecule has 1 fully saturated rings. The van der Waals surface area contributed by atoms with Crippen LogP contribution in [0.25, 0.3) is 0 Å². The van der Waals surface area contributed by atoms with Gasteiger partial charge in [0.1, 0.15) is 5.60 Å². The monoisotopic (exact) mass is 271 g/mol. The zero-order valence-electron chi connectivity index (χ0n) is 11.4. The molecule has 2 aliphatic rings. The smallest absolute Gasteiger partial charge is 0.236 e. The first-order chi connectivity index (χ1) is 9.76. The van der Waals surface area contributed by atoms with E-state index in [1.807, 2.05) is 19.1 Å². The highest BCUT2D eigenvalue weighted by Gasteiger charge is 2.38. The minimum Gasteiger partial charge on any atom is -0.384 e. The highest BCUT2D eigenvalue weighted by molar-refractivity contribution is 5.59. The standard InChI is InChI=1S/C15H17N3O2/c1-15(7-4-8-19-15)14-17-13(20-18-14)11-9-16-12-6-3-2-5-10(11)12/h2-3,5-6,11,16H,4,7-9H2,1H3. The summed E-state index contributed by atoms with van der Waals surface area (Å²) in [6.45, 7) is 3.61. The normalized spacial score (nSPS) is 28.4. The number of para-hydroxylation sites is 1. The number of fused-ring (bicyclic) bond motifs is 1. The fourth-order valence-electron chi connectivity index (χ4n) is 3.05. The van der Waals surface area contributed by atoms with Crippen molar-refractivity contribution in [3.05, 3.63) is 41.5 Å². The van der Waals surface area contributed by atoms with Crippen LogP contribution in [0.2, 0.25) is 0 Å². The lowest BCUT2D eigenvalue weighted by Gasteiger charge is -2.17. The fourth-order valence-corrected chi connectivity index (χ4v) is 3.05. The molecule has 0 radical (unpaired) electrons. The number of anilines is 1. The molecule has 1 aromatic carbocycles. The van der Waals surface area contributed by atoms with E-state index < -0.39 is 0 Å². The van der Waals surface area contributed by atoms with Gasteiger partial charge in [-0.3, -0.25) is 0 Å². The molecule has 3 heterocycles. The maximum absolute atomic E-state index is 5.77. The molecule has 104 valence electrons. The number of rotatable bonds is 2. The second-order valence-corrected chi connectivity index (χ2v) is 5.66. The number of ether oxygens (including phenoxy) is 1. The summed E-state index contributed by atoms with van der Waals surface area (Å²) >= 11 is 0. The van der Waals surface area contributed by atoms with Crippen LogP contribution in [-0.4, -0.2) is 23.3 Å². The Hall–Kier alpha value is -1.88. The lowest BCUT2D eigenvalue weighted by atomic mass is 10.0. The predicted octanol–water partition coefficient (Wildman–Crippen LogP) is 2.65. The van der Waals surface area contributed by atoms with Gasteiger partial charge in [-0.25, -0.2) is 0 Å². The molecule has 1 N–H and O–H groups in total. The van der Waals surface area contributed by atoms with E-state index in [9.17, 15) is 0 Å². The molecule has 4 rings (SSSR count). The van der Waals surface area contributed by atoms with E-state index in [0.717, 1.165) is 31.7 Å². The van der Waals surface area contributed by atoms with Crippen molar-refractivity contribution in [3.8, 4) is 0 Å². The first kappa shape index (κ1) is 11.9. The van der Waals surface area contributed by atoms with Gasteiger partial charge in [0.15, 0.2) is 0 Å². The summed E-state index contributed by atoms with van der Waals surface area (Å²) < 4.78 is 11.3. The molecule has 5 heteroatoms. The molecule has 0 spiro atoms. The van der Waals surface area contributed by atoms with E-state index in [-0.39, 0.29) is 11.5 Å². The predicted molar refractivity (Wildman–Crippen MR) is 73.6 cm³/mol. The Bertz CT molecular complexity index is 632. The zero-order valence-corrected chi connectivity index (χ0v) is 11.4. The topological polar surface area (TPSA) is 60.2 Å². The molecule has 20 heavy (non-hydrogen) atoms. The highest BCUT2D eigenvalue weighted by Crippen LogP contribution is 2.38. The van der Waals surface area contributed by atoms with Gasteiger partial charge in [-0.1, -0.05) is 23.4 Å². The number of aromatic nitrogens is 2. The van der Waals surface area contributed by atoms with Crippen molar-refractivity contribution in [1.29, 1.82) is 0 Å². The lowest BCUT2D eigenvalue weighted by Crippen LogP contribution is -2.21. The summed E-state index contributed by atoms with van der Waals surface area (Å²) in [6.07, 6.45) is 2.00. The molecule has 2 aliphatic heterocycles. The molecule has 0 amide bonds. The van der Waals surface area contributed by atoms with Gasteiger partial charge in [0.2, 0.25) is 11.7 Å². The van der Waals surface area contributed by atoms with Gasteiger partial charge in [0.25, 0.3) is 0 Å². The molecule has 0 aliphatic carbocycles. The SMILES string of the molecule is CC1(c2noc(C3CNc4ccccc43)n2)CCCO1. The summed E-state index contributed by atoms with van der Waals surface area (Å²) in [6, 6.07) is 8.25. The third-order valence-corrected chi connectivity index (χ3v) is 4.26. The van der Waals surface area contributed by atoms with E-state index in [0.29, 0.717) is 11.7 Å². The fraction of sp³-hybridized carbons (Fsp3) is 0.467. The average Bonchev–Trinajstić information content (AvgIpc) is 3.16. The van der Waals surface area contributed by atoms with E-state index in [1.54, 1.807) is 0 Å². The summed E-state index contributed by atoms with van der Waals surface area (Å²) in [7, 11) is 0. The Kier molecular flexibility index (Phi) is 2.57. The zero-order chi connectivity index (χ0) is 13.6. The average molecular weight is 271 g/mol. The highest BCUT2D eigenvalue weighted by atomic mass is 16.5. The molecule has 1 saturated heterocycles. The van der Waals surface area contributed by atoms with Crippen LogP contribution in [0.5, 0.6) is 0 Å². The van der Waals surface area contributed by atoms with E-state index in [4.69, 9.17) is 9.26 Å². The van der Waals surface area contributed by atoms with Gasteiger partial charge in [-0.2, -0.15) is 4.98 Å². The number of hydrogen-bond acceptors (Lipinski definition) is 5. The van der Waals surface area contributed by atoms with Gasteiger partial charge in [-0.05, 0) is 31.4 Å². The Morgan fingerprint density at radius 2 is 2.25 bits per heavy atom. The Morgan fingerprint density at radius 1 is 1.35 bits per heavy atom. The Morgan fingerprint density at radius 3 is 3.10 bits per heavy atom. The van der Waals surface area contributed by atoms with Crippen LogP contribution < -0.4 is 5.32 Å². The molecule has 2 atom stereocenters. The molecule has 0 saturated carbocycles. The van der Waals surface area contributed by atoms with E-state index in [1.165, 1.54) is 5.56 Å². The molecule has 0 bridgehead atoms. The van der Waals surface area contributed by atoms with Crippen molar-refractivity contribution in [3.63, 3.8) is 0 Å². The third-order valence-electron chi connectivity index (χ3n) is 4.26. The number of benzene rings is 1. The van der Waals surface area contributed by atoms with Crippen molar-refractivity contribution < 1.29 is 9.26 Å². The van der Waals surface area contributed by atoms with Crippen LogP contribution in [0.15, 0.2) is 28.8 Å². The van der Waals surface area contributed by atoms with Gasteiger partial charge in [0.05, 0.1) is 5.92 Å². The van der Waals surface area contributed by atoms with Crippen molar-refractivity contribution in [1.82, 2.24) is 10.1 Å². The van der Waals surface area contributed by atoms with Gasteiger partial charge >= 0.3 is 0 Å². The summed E-state index contributed by atoms with van der Waals surface area (Å²) in [5, 5.41) is 7.53. The largest absolute Gasteiger partial charge is 0.384 e. The Labute approximate surface area is 117 Å². The minimum absolute atomic E-state index is 0.137. The van der Waals surface area contributed by atoms with Crippen LogP contribution in [0.1, 0.15) is 43.0 Å².